The van der Waals surface area contributed by atoms with Gasteiger partial charge < -0.3 is 14.7 Å². The fourth-order valence-corrected chi connectivity index (χ4v) is 4.11. The predicted octanol–water partition coefficient (Wildman–Crippen LogP) is 2.40. The van der Waals surface area contributed by atoms with Crippen molar-refractivity contribution in [2.24, 2.45) is 5.92 Å². The molecule has 24 heavy (non-hydrogen) atoms. The van der Waals surface area contributed by atoms with Crippen LogP contribution in [-0.2, 0) is 9.53 Å². The first-order valence-corrected chi connectivity index (χ1v) is 8.66. The van der Waals surface area contributed by atoms with Gasteiger partial charge in [-0.25, -0.2) is 14.8 Å². The van der Waals surface area contributed by atoms with Crippen molar-refractivity contribution in [3.8, 4) is 0 Å². The molecule has 0 spiro atoms. The average Bonchev–Trinajstić information content (AvgIpc) is 3.12. The quantitative estimate of drug-likeness (QED) is 0.847. The number of aliphatic carboxylic acids is 1. The zero-order valence-corrected chi connectivity index (χ0v) is 14.6. The molecule has 2 aromatic rings. The van der Waals surface area contributed by atoms with E-state index >= 15 is 0 Å². The Bertz CT molecular complexity index is 817. The average molecular weight is 349 g/mol. The van der Waals surface area contributed by atoms with Crippen molar-refractivity contribution in [2.45, 2.75) is 27.2 Å². The Hall–Kier alpha value is -2.22. The number of aromatic nitrogens is 2. The van der Waals surface area contributed by atoms with Crippen molar-refractivity contribution in [2.75, 3.05) is 24.6 Å². The topological polar surface area (TPSA) is 92.6 Å². The van der Waals surface area contributed by atoms with Crippen LogP contribution in [0.15, 0.2) is 0 Å². The normalized spacial score (nSPS) is 17.5. The third kappa shape index (κ3) is 2.82. The molecule has 3 heterocycles. The predicted molar refractivity (Wildman–Crippen MR) is 90.8 cm³/mol. The molecule has 1 aliphatic heterocycles. The summed E-state index contributed by atoms with van der Waals surface area (Å²) in [5.74, 6) is -0.211. The number of esters is 1. The number of hydrogen-bond acceptors (Lipinski definition) is 7. The maximum atomic E-state index is 12.1. The van der Waals surface area contributed by atoms with Gasteiger partial charge in [0.25, 0.3) is 0 Å². The van der Waals surface area contributed by atoms with Crippen LogP contribution in [0.2, 0.25) is 0 Å². The number of anilines is 1. The van der Waals surface area contributed by atoms with E-state index in [2.05, 4.69) is 9.97 Å². The highest BCUT2D eigenvalue weighted by Gasteiger charge is 2.31. The van der Waals surface area contributed by atoms with E-state index in [4.69, 9.17) is 4.74 Å². The summed E-state index contributed by atoms with van der Waals surface area (Å²) < 4.78 is 5.11. The summed E-state index contributed by atoms with van der Waals surface area (Å²) in [6, 6.07) is 0. The van der Waals surface area contributed by atoms with Crippen LogP contribution in [0.5, 0.6) is 0 Å². The molecule has 0 radical (unpaired) electrons. The van der Waals surface area contributed by atoms with E-state index in [-0.39, 0.29) is 5.97 Å². The van der Waals surface area contributed by atoms with Gasteiger partial charge in [0.1, 0.15) is 21.3 Å². The van der Waals surface area contributed by atoms with Crippen molar-refractivity contribution in [1.29, 1.82) is 0 Å². The number of carbonyl (C=O) groups excluding carboxylic acids is 1. The molecule has 8 heteroatoms. The van der Waals surface area contributed by atoms with Crippen molar-refractivity contribution < 1.29 is 19.4 Å². The van der Waals surface area contributed by atoms with Gasteiger partial charge >= 0.3 is 11.9 Å². The molecule has 128 valence electrons. The number of carboxylic acids is 1. The number of fused-ring (bicyclic) bond motifs is 1. The molecule has 0 aromatic carbocycles. The molecule has 0 amide bonds. The Balaban J connectivity index is 2.08. The summed E-state index contributed by atoms with van der Waals surface area (Å²) >= 11 is 1.30. The highest BCUT2D eigenvalue weighted by molar-refractivity contribution is 7.20. The molecular formula is C16H19N3O4S. The molecule has 1 aliphatic rings. The Labute approximate surface area is 143 Å². The minimum absolute atomic E-state index is 0.316. The Kier molecular flexibility index (Phi) is 4.40. The zero-order valence-electron chi connectivity index (χ0n) is 13.8. The smallest absolute Gasteiger partial charge is 0.348 e. The molecule has 1 N–H and O–H groups in total. The lowest BCUT2D eigenvalue weighted by Gasteiger charge is -2.18. The molecule has 0 bridgehead atoms. The number of nitrogens with zero attached hydrogens (tertiary/aromatic N) is 3. The summed E-state index contributed by atoms with van der Waals surface area (Å²) in [6.45, 7) is 6.80. The molecule has 2 aromatic heterocycles. The first-order chi connectivity index (χ1) is 11.4. The molecule has 1 fully saturated rings. The minimum Gasteiger partial charge on any atom is -0.481 e. The van der Waals surface area contributed by atoms with Crippen LogP contribution in [-0.4, -0.2) is 46.7 Å². The summed E-state index contributed by atoms with van der Waals surface area (Å²) in [5.41, 5.74) is 0.794. The number of hydrogen-bond donors (Lipinski definition) is 1. The fraction of sp³-hybridized carbons (Fsp3) is 0.500. The summed E-state index contributed by atoms with van der Waals surface area (Å²) in [4.78, 5) is 35.6. The zero-order chi connectivity index (χ0) is 17.4. The molecule has 1 atom stereocenters. The van der Waals surface area contributed by atoms with Gasteiger partial charge in [0.2, 0.25) is 0 Å². The van der Waals surface area contributed by atoms with Crippen LogP contribution >= 0.6 is 11.3 Å². The third-order valence-corrected chi connectivity index (χ3v) is 5.35. The van der Waals surface area contributed by atoms with E-state index in [1.807, 2.05) is 11.8 Å². The molecule has 0 saturated carbocycles. The van der Waals surface area contributed by atoms with Gasteiger partial charge in [-0.1, -0.05) is 0 Å². The number of carboxylic acid groups (broad SMARTS) is 1. The fourth-order valence-electron chi connectivity index (χ4n) is 3.00. The Morgan fingerprint density at radius 2 is 2.12 bits per heavy atom. The van der Waals surface area contributed by atoms with Crippen LogP contribution in [0, 0.1) is 19.8 Å². The SMILES string of the molecule is CCOC(=O)c1sc2nc(C)nc(N3CCC(C(=O)O)C3)c2c1C. The largest absolute Gasteiger partial charge is 0.481 e. The standard InChI is InChI=1S/C16H19N3O4S/c1-4-23-16(22)12-8(2)11-13(17-9(3)18-14(11)24-12)19-6-5-10(7-19)15(20)21/h10H,4-7H2,1-3H3,(H,20,21). The van der Waals surface area contributed by atoms with E-state index in [9.17, 15) is 14.7 Å². The van der Waals surface area contributed by atoms with Gasteiger partial charge in [-0.15, -0.1) is 11.3 Å². The van der Waals surface area contributed by atoms with E-state index in [1.165, 1.54) is 11.3 Å². The summed E-state index contributed by atoms with van der Waals surface area (Å²) in [7, 11) is 0. The molecular weight excluding hydrogens is 330 g/mol. The van der Waals surface area contributed by atoms with Crippen molar-refractivity contribution in [3.63, 3.8) is 0 Å². The van der Waals surface area contributed by atoms with Crippen LogP contribution in [0.4, 0.5) is 5.82 Å². The highest BCUT2D eigenvalue weighted by Crippen LogP contribution is 2.37. The lowest BCUT2D eigenvalue weighted by molar-refractivity contribution is -0.140. The van der Waals surface area contributed by atoms with Crippen molar-refractivity contribution >= 4 is 39.3 Å². The second-order valence-corrected chi connectivity index (χ2v) is 6.82. The third-order valence-electron chi connectivity index (χ3n) is 4.18. The summed E-state index contributed by atoms with van der Waals surface area (Å²) in [6.07, 6.45) is 0.591. The number of aryl methyl sites for hydroxylation is 2. The van der Waals surface area contributed by atoms with Crippen LogP contribution in [0.3, 0.4) is 0 Å². The van der Waals surface area contributed by atoms with Crippen molar-refractivity contribution in [1.82, 2.24) is 9.97 Å². The van der Waals surface area contributed by atoms with Crippen LogP contribution in [0.25, 0.3) is 10.2 Å². The van der Waals surface area contributed by atoms with Gasteiger partial charge in [-0.2, -0.15) is 0 Å². The Morgan fingerprint density at radius 1 is 1.38 bits per heavy atom. The van der Waals surface area contributed by atoms with E-state index in [1.54, 1.807) is 13.8 Å². The first-order valence-electron chi connectivity index (χ1n) is 7.85. The summed E-state index contributed by atoms with van der Waals surface area (Å²) in [5, 5.41) is 10.0. The molecule has 7 nitrogen and oxygen atoms in total. The van der Waals surface area contributed by atoms with Crippen molar-refractivity contribution in [3.05, 3.63) is 16.3 Å². The maximum Gasteiger partial charge on any atom is 0.348 e. The number of carbonyl (C=O) groups is 2. The second-order valence-electron chi connectivity index (χ2n) is 5.82. The van der Waals surface area contributed by atoms with Crippen LogP contribution in [0.1, 0.15) is 34.4 Å². The highest BCUT2D eigenvalue weighted by atomic mass is 32.1. The van der Waals surface area contributed by atoms with E-state index in [0.717, 1.165) is 15.8 Å². The lowest BCUT2D eigenvalue weighted by atomic mass is 10.1. The first kappa shape index (κ1) is 16.6. The maximum absolute atomic E-state index is 12.1. The second kappa shape index (κ2) is 6.35. The molecule has 1 unspecified atom stereocenters. The van der Waals surface area contributed by atoms with Gasteiger partial charge in [-0.05, 0) is 32.8 Å². The van der Waals surface area contributed by atoms with Gasteiger partial charge in [0.15, 0.2) is 0 Å². The van der Waals surface area contributed by atoms with E-state index in [0.29, 0.717) is 42.6 Å². The van der Waals surface area contributed by atoms with Crippen LogP contribution < -0.4 is 4.90 Å². The number of ether oxygens (including phenoxy) is 1. The van der Waals surface area contributed by atoms with E-state index < -0.39 is 11.9 Å². The minimum atomic E-state index is -0.784. The van der Waals surface area contributed by atoms with Gasteiger partial charge in [-0.3, -0.25) is 4.79 Å². The van der Waals surface area contributed by atoms with Gasteiger partial charge in [0.05, 0.1) is 17.9 Å². The molecule has 0 aliphatic carbocycles. The monoisotopic (exact) mass is 349 g/mol. The number of thiophene rings is 1. The lowest BCUT2D eigenvalue weighted by Crippen LogP contribution is -2.24. The number of rotatable bonds is 4. The molecule has 1 saturated heterocycles. The van der Waals surface area contributed by atoms with Gasteiger partial charge in [0, 0.05) is 13.1 Å². The molecule has 3 rings (SSSR count). The Morgan fingerprint density at radius 3 is 2.75 bits per heavy atom.